The molecular formula is C20H21N3O4. The Hall–Kier alpha value is -3.32. The van der Waals surface area contributed by atoms with Crippen molar-refractivity contribution in [1.82, 2.24) is 4.90 Å². The van der Waals surface area contributed by atoms with Crippen molar-refractivity contribution in [3.8, 4) is 5.75 Å². The van der Waals surface area contributed by atoms with Crippen LogP contribution in [0.25, 0.3) is 0 Å². The lowest BCUT2D eigenvalue weighted by molar-refractivity contribution is -0.137. The number of amides is 2. The Bertz CT molecular complexity index is 862. The second kappa shape index (κ2) is 8.37. The van der Waals surface area contributed by atoms with E-state index in [2.05, 4.69) is 10.6 Å². The van der Waals surface area contributed by atoms with Gasteiger partial charge in [0.05, 0.1) is 31.6 Å². The molecule has 7 nitrogen and oxygen atoms in total. The van der Waals surface area contributed by atoms with Crippen LogP contribution in [0.15, 0.2) is 60.3 Å². The van der Waals surface area contributed by atoms with Gasteiger partial charge in [-0.25, -0.2) is 0 Å². The highest BCUT2D eigenvalue weighted by Gasteiger charge is 2.30. The molecule has 0 fully saturated rings. The molecule has 3 N–H and O–H groups in total. The van der Waals surface area contributed by atoms with E-state index in [1.165, 1.54) is 6.08 Å². The zero-order valence-electron chi connectivity index (χ0n) is 14.9. The summed E-state index contributed by atoms with van der Waals surface area (Å²) in [6.45, 7) is 0.306. The molecule has 0 unspecified atom stereocenters. The molecule has 0 aliphatic carbocycles. The van der Waals surface area contributed by atoms with Crippen molar-refractivity contribution in [2.45, 2.75) is 6.54 Å². The predicted molar refractivity (Wildman–Crippen MR) is 102 cm³/mol. The third kappa shape index (κ3) is 4.27. The van der Waals surface area contributed by atoms with Crippen molar-refractivity contribution in [3.05, 3.63) is 65.9 Å². The standard InChI is InChI=1S/C20H21N3O4/c1-27-15-8-6-14(7-9-15)13-21-16-4-2-3-5-17(16)22-18-12-19(25)23(10-11-24)20(18)26/h2-9,12,21-22,24H,10-11,13H2,1H3. The highest BCUT2D eigenvalue weighted by Crippen LogP contribution is 2.25. The number of para-hydroxylation sites is 2. The zero-order chi connectivity index (χ0) is 19.2. The number of nitrogens with zero attached hydrogens (tertiary/aromatic N) is 1. The van der Waals surface area contributed by atoms with Crippen molar-refractivity contribution < 1.29 is 19.4 Å². The molecule has 140 valence electrons. The molecule has 0 spiro atoms. The van der Waals surface area contributed by atoms with Crippen LogP contribution in [0.5, 0.6) is 5.75 Å². The molecule has 0 saturated carbocycles. The summed E-state index contributed by atoms with van der Waals surface area (Å²) >= 11 is 0. The first-order valence-corrected chi connectivity index (χ1v) is 8.53. The molecule has 2 aromatic carbocycles. The normalized spacial score (nSPS) is 13.6. The van der Waals surface area contributed by atoms with Crippen LogP contribution in [-0.2, 0) is 16.1 Å². The molecular weight excluding hydrogens is 346 g/mol. The fraction of sp³-hybridized carbons (Fsp3) is 0.200. The number of carbonyl (C=O) groups excluding carboxylic acids is 2. The average molecular weight is 367 g/mol. The van der Waals surface area contributed by atoms with Gasteiger partial charge < -0.3 is 20.5 Å². The van der Waals surface area contributed by atoms with E-state index >= 15 is 0 Å². The number of aliphatic hydroxyl groups excluding tert-OH is 1. The molecule has 27 heavy (non-hydrogen) atoms. The topological polar surface area (TPSA) is 90.9 Å². The number of β-amino-alcohol motifs (C(OH)–C–C–N with tert-alkyl or cyclic N) is 1. The average Bonchev–Trinajstić information content (AvgIpc) is 2.95. The monoisotopic (exact) mass is 367 g/mol. The summed E-state index contributed by atoms with van der Waals surface area (Å²) in [7, 11) is 1.63. The number of anilines is 2. The first-order valence-electron chi connectivity index (χ1n) is 8.53. The van der Waals surface area contributed by atoms with Gasteiger partial charge in [0.1, 0.15) is 11.4 Å². The lowest BCUT2D eigenvalue weighted by Gasteiger charge is -2.16. The first kappa shape index (κ1) is 18.5. The molecule has 2 aromatic rings. The first-order chi connectivity index (χ1) is 13.1. The summed E-state index contributed by atoms with van der Waals surface area (Å²) in [5.74, 6) is -0.0798. The van der Waals surface area contributed by atoms with E-state index in [4.69, 9.17) is 9.84 Å². The smallest absolute Gasteiger partial charge is 0.277 e. The van der Waals surface area contributed by atoms with E-state index in [1.54, 1.807) is 7.11 Å². The molecule has 1 aliphatic rings. The van der Waals surface area contributed by atoms with Gasteiger partial charge in [-0.1, -0.05) is 24.3 Å². The van der Waals surface area contributed by atoms with Crippen LogP contribution in [0.3, 0.4) is 0 Å². The maximum Gasteiger partial charge on any atom is 0.277 e. The van der Waals surface area contributed by atoms with E-state index in [0.29, 0.717) is 12.2 Å². The summed E-state index contributed by atoms with van der Waals surface area (Å²) in [6.07, 6.45) is 1.25. The van der Waals surface area contributed by atoms with E-state index in [1.807, 2.05) is 48.5 Å². The minimum Gasteiger partial charge on any atom is -0.497 e. The molecule has 3 rings (SSSR count). The number of rotatable bonds is 8. The molecule has 0 radical (unpaired) electrons. The minimum absolute atomic E-state index is 0.0171. The van der Waals surface area contributed by atoms with E-state index in [0.717, 1.165) is 21.9 Å². The van der Waals surface area contributed by atoms with Crippen molar-refractivity contribution in [3.63, 3.8) is 0 Å². The number of imide groups is 1. The van der Waals surface area contributed by atoms with Crippen molar-refractivity contribution in [2.75, 3.05) is 30.9 Å². The van der Waals surface area contributed by atoms with Crippen molar-refractivity contribution >= 4 is 23.2 Å². The Balaban J connectivity index is 1.70. The van der Waals surface area contributed by atoms with Gasteiger partial charge in [0.25, 0.3) is 11.8 Å². The second-order valence-corrected chi connectivity index (χ2v) is 5.95. The number of benzene rings is 2. The fourth-order valence-corrected chi connectivity index (χ4v) is 2.74. The molecule has 0 atom stereocenters. The van der Waals surface area contributed by atoms with E-state index < -0.39 is 11.8 Å². The van der Waals surface area contributed by atoms with Crippen molar-refractivity contribution in [1.29, 1.82) is 0 Å². The molecule has 0 aromatic heterocycles. The summed E-state index contributed by atoms with van der Waals surface area (Å²) in [6, 6.07) is 15.2. The van der Waals surface area contributed by atoms with Gasteiger partial charge in [-0.2, -0.15) is 0 Å². The largest absolute Gasteiger partial charge is 0.497 e. The number of ether oxygens (including phenoxy) is 1. The zero-order valence-corrected chi connectivity index (χ0v) is 14.9. The number of hydrogen-bond donors (Lipinski definition) is 3. The van der Waals surface area contributed by atoms with Crippen LogP contribution in [0, 0.1) is 0 Å². The van der Waals surface area contributed by atoms with Crippen molar-refractivity contribution in [2.24, 2.45) is 0 Å². The Morgan fingerprint density at radius 3 is 2.41 bits per heavy atom. The van der Waals surface area contributed by atoms with E-state index in [9.17, 15) is 9.59 Å². The summed E-state index contributed by atoms with van der Waals surface area (Å²) in [5, 5.41) is 15.3. The Labute approximate surface area is 157 Å². The van der Waals surface area contributed by atoms with Gasteiger partial charge in [-0.15, -0.1) is 0 Å². The third-order valence-corrected chi connectivity index (χ3v) is 4.17. The maximum absolute atomic E-state index is 12.3. The lowest BCUT2D eigenvalue weighted by atomic mass is 10.2. The van der Waals surface area contributed by atoms with Gasteiger partial charge in [0.2, 0.25) is 0 Å². The van der Waals surface area contributed by atoms with Crippen LogP contribution in [0.1, 0.15) is 5.56 Å². The molecule has 2 amide bonds. The van der Waals surface area contributed by atoms with Crippen LogP contribution in [0.2, 0.25) is 0 Å². The summed E-state index contributed by atoms with van der Waals surface area (Å²) in [4.78, 5) is 25.2. The molecule has 7 heteroatoms. The highest BCUT2D eigenvalue weighted by molar-refractivity contribution is 6.17. The summed E-state index contributed by atoms with van der Waals surface area (Å²) in [5.41, 5.74) is 2.75. The van der Waals surface area contributed by atoms with Gasteiger partial charge in [-0.05, 0) is 29.8 Å². The number of aliphatic hydroxyl groups is 1. The van der Waals surface area contributed by atoms with Gasteiger partial charge in [0, 0.05) is 12.6 Å². The van der Waals surface area contributed by atoms with Gasteiger partial charge >= 0.3 is 0 Å². The number of carbonyl (C=O) groups is 2. The van der Waals surface area contributed by atoms with E-state index in [-0.39, 0.29) is 18.8 Å². The van der Waals surface area contributed by atoms with Crippen LogP contribution in [-0.4, -0.2) is 42.1 Å². The minimum atomic E-state index is -0.445. The van der Waals surface area contributed by atoms with Crippen LogP contribution < -0.4 is 15.4 Å². The Morgan fingerprint density at radius 1 is 1.04 bits per heavy atom. The highest BCUT2D eigenvalue weighted by atomic mass is 16.5. The Morgan fingerprint density at radius 2 is 1.74 bits per heavy atom. The SMILES string of the molecule is COc1ccc(CNc2ccccc2NC2=CC(=O)N(CCO)C2=O)cc1. The molecule has 0 bridgehead atoms. The molecule has 1 aliphatic heterocycles. The molecule has 1 heterocycles. The second-order valence-electron chi connectivity index (χ2n) is 5.95. The fourth-order valence-electron chi connectivity index (χ4n) is 2.74. The number of hydrogen-bond acceptors (Lipinski definition) is 6. The maximum atomic E-state index is 12.3. The summed E-state index contributed by atoms with van der Waals surface area (Å²) < 4.78 is 5.15. The lowest BCUT2D eigenvalue weighted by Crippen LogP contribution is -2.34. The van der Waals surface area contributed by atoms with Crippen LogP contribution >= 0.6 is 0 Å². The third-order valence-electron chi connectivity index (χ3n) is 4.17. The number of nitrogens with one attached hydrogen (secondary N) is 2. The molecule has 0 saturated heterocycles. The predicted octanol–water partition coefficient (Wildman–Crippen LogP) is 1.96. The quantitative estimate of drug-likeness (QED) is 0.618. The van der Waals surface area contributed by atoms with Gasteiger partial charge in [-0.3, -0.25) is 14.5 Å². The Kier molecular flexibility index (Phi) is 5.73. The van der Waals surface area contributed by atoms with Gasteiger partial charge in [0.15, 0.2) is 0 Å². The van der Waals surface area contributed by atoms with Crippen LogP contribution in [0.4, 0.5) is 11.4 Å². The number of methoxy groups -OCH3 is 1.